The van der Waals surface area contributed by atoms with Gasteiger partial charge in [0.05, 0.1) is 40.2 Å². The standard InChI is InChI=1S/C35H44N4O8S/c1-19(2)33-30(34(43)47-7)39-35(48-33)38-28(42)11-9-8-10-16-36-25-15-13-22-23(18-26(25)41)24(37-20(3)40)14-12-21-17-27(44-4)31(45-5)32(46-6)29(21)22/h13,15,17-19,24H,8-12,14,16H2,1-7H3,(H,36,41)(H,37,40)(H,38,39,42)/t24-/m0/s1. The molecular weight excluding hydrogens is 636 g/mol. The van der Waals surface area contributed by atoms with Crippen LogP contribution in [0.3, 0.4) is 0 Å². The number of nitrogens with one attached hydrogen (secondary N) is 3. The van der Waals surface area contributed by atoms with E-state index in [1.807, 2.05) is 26.0 Å². The number of carbonyl (C=O) groups is 3. The van der Waals surface area contributed by atoms with E-state index in [-0.39, 0.29) is 34.9 Å². The highest BCUT2D eigenvalue weighted by Gasteiger charge is 2.29. The summed E-state index contributed by atoms with van der Waals surface area (Å²) in [5.41, 5.74) is 3.65. The maximum atomic E-state index is 13.5. The van der Waals surface area contributed by atoms with Crippen LogP contribution in [0.5, 0.6) is 17.2 Å². The van der Waals surface area contributed by atoms with Gasteiger partial charge in [0.15, 0.2) is 22.3 Å². The number of esters is 1. The molecule has 258 valence electrons. The van der Waals surface area contributed by atoms with Gasteiger partial charge in [-0.25, -0.2) is 9.78 Å². The molecule has 0 spiro atoms. The van der Waals surface area contributed by atoms with Gasteiger partial charge in [-0.2, -0.15) is 0 Å². The van der Waals surface area contributed by atoms with Crippen molar-refractivity contribution in [1.82, 2.24) is 10.3 Å². The minimum atomic E-state index is -0.523. The molecule has 13 heteroatoms. The molecule has 0 fully saturated rings. The summed E-state index contributed by atoms with van der Waals surface area (Å²) < 4.78 is 21.9. The Balaban J connectivity index is 1.45. The zero-order valence-electron chi connectivity index (χ0n) is 28.5. The topological polar surface area (TPSA) is 154 Å². The van der Waals surface area contributed by atoms with Crippen molar-refractivity contribution in [3.63, 3.8) is 0 Å². The van der Waals surface area contributed by atoms with E-state index in [1.54, 1.807) is 33.5 Å². The molecule has 0 bridgehead atoms. The molecule has 4 rings (SSSR count). The van der Waals surface area contributed by atoms with Gasteiger partial charge in [-0.15, -0.1) is 11.3 Å². The van der Waals surface area contributed by atoms with Crippen molar-refractivity contribution in [3.8, 4) is 28.4 Å². The predicted molar refractivity (Wildman–Crippen MR) is 186 cm³/mol. The third-order valence-corrected chi connectivity index (χ3v) is 9.39. The Hall–Kier alpha value is -4.65. The zero-order valence-corrected chi connectivity index (χ0v) is 29.4. The molecule has 0 unspecified atom stereocenters. The number of rotatable bonds is 14. The molecule has 2 amide bonds. The number of anilines is 2. The zero-order chi connectivity index (χ0) is 35.0. The van der Waals surface area contributed by atoms with Crippen LogP contribution < -0.4 is 35.6 Å². The van der Waals surface area contributed by atoms with Crippen LogP contribution in [-0.4, -0.2) is 57.8 Å². The maximum Gasteiger partial charge on any atom is 0.357 e. The van der Waals surface area contributed by atoms with Crippen molar-refractivity contribution in [2.75, 3.05) is 45.6 Å². The van der Waals surface area contributed by atoms with E-state index >= 15 is 0 Å². The smallest absolute Gasteiger partial charge is 0.357 e. The SMILES string of the molecule is COC(=O)c1nc(NC(=O)CCCCCNc2ccc3c(cc2=O)[C@@H](NC(C)=O)CCc2cc(OC)c(OC)c(OC)c2-3)sc1C(C)C. The summed E-state index contributed by atoms with van der Waals surface area (Å²) in [4.78, 5) is 55.3. The highest BCUT2D eigenvalue weighted by Crippen LogP contribution is 2.50. The van der Waals surface area contributed by atoms with Crippen molar-refractivity contribution < 1.29 is 33.3 Å². The maximum absolute atomic E-state index is 13.5. The van der Waals surface area contributed by atoms with Gasteiger partial charge < -0.3 is 34.9 Å². The molecule has 2 aromatic carbocycles. The molecule has 1 aliphatic carbocycles. The van der Waals surface area contributed by atoms with Gasteiger partial charge in [0.25, 0.3) is 0 Å². The number of ether oxygens (including phenoxy) is 4. The van der Waals surface area contributed by atoms with Gasteiger partial charge in [0.1, 0.15) is 0 Å². The Kier molecular flexibility index (Phi) is 12.4. The van der Waals surface area contributed by atoms with E-state index in [4.69, 9.17) is 18.9 Å². The number of hydrogen-bond donors (Lipinski definition) is 3. The van der Waals surface area contributed by atoms with E-state index in [9.17, 15) is 19.2 Å². The number of aryl methyl sites for hydroxylation is 1. The molecule has 0 aliphatic heterocycles. The summed E-state index contributed by atoms with van der Waals surface area (Å²) in [5, 5.41) is 9.44. The van der Waals surface area contributed by atoms with E-state index in [0.29, 0.717) is 65.9 Å². The minimum Gasteiger partial charge on any atom is -0.493 e. The average Bonchev–Trinajstić information content (AvgIpc) is 3.35. The normalized spacial score (nSPS) is 13.5. The number of aromatic nitrogens is 1. The van der Waals surface area contributed by atoms with Crippen LogP contribution in [0.15, 0.2) is 29.1 Å². The van der Waals surface area contributed by atoms with Crippen LogP contribution in [0.25, 0.3) is 11.1 Å². The molecule has 48 heavy (non-hydrogen) atoms. The Morgan fingerprint density at radius 2 is 1.75 bits per heavy atom. The van der Waals surface area contributed by atoms with E-state index < -0.39 is 5.97 Å². The first-order valence-corrected chi connectivity index (χ1v) is 16.7. The summed E-state index contributed by atoms with van der Waals surface area (Å²) in [6.07, 6.45) is 3.61. The number of fused-ring (bicyclic) bond motifs is 3. The van der Waals surface area contributed by atoms with Gasteiger partial charge in [0.2, 0.25) is 23.0 Å². The molecule has 1 aliphatic rings. The van der Waals surface area contributed by atoms with E-state index in [1.165, 1.54) is 25.4 Å². The first kappa shape index (κ1) is 36.2. The summed E-state index contributed by atoms with van der Waals surface area (Å²) >= 11 is 1.28. The third-order valence-electron chi connectivity index (χ3n) is 8.11. The highest BCUT2D eigenvalue weighted by molar-refractivity contribution is 7.16. The molecule has 0 saturated carbocycles. The number of unbranched alkanes of at least 4 members (excludes halogenated alkanes) is 2. The fraction of sp³-hybridized carbons (Fsp3) is 0.457. The van der Waals surface area contributed by atoms with E-state index in [0.717, 1.165) is 34.4 Å². The van der Waals surface area contributed by atoms with Gasteiger partial charge in [0, 0.05) is 30.3 Å². The molecule has 0 radical (unpaired) electrons. The third kappa shape index (κ3) is 8.25. The van der Waals surface area contributed by atoms with Crippen molar-refractivity contribution >= 4 is 39.9 Å². The number of hydrogen-bond acceptors (Lipinski definition) is 11. The molecule has 12 nitrogen and oxygen atoms in total. The van der Waals surface area contributed by atoms with Crippen molar-refractivity contribution in [2.45, 2.75) is 71.3 Å². The highest BCUT2D eigenvalue weighted by atomic mass is 32.1. The predicted octanol–water partition coefficient (Wildman–Crippen LogP) is 5.84. The Labute approximate surface area is 284 Å². The summed E-state index contributed by atoms with van der Waals surface area (Å²) in [6.45, 7) is 5.89. The van der Waals surface area contributed by atoms with Crippen molar-refractivity contribution in [2.24, 2.45) is 0 Å². The Morgan fingerprint density at radius 1 is 1.00 bits per heavy atom. The van der Waals surface area contributed by atoms with Crippen LogP contribution in [-0.2, 0) is 20.7 Å². The minimum absolute atomic E-state index is 0.0658. The van der Waals surface area contributed by atoms with Gasteiger partial charge in [-0.3, -0.25) is 14.4 Å². The Morgan fingerprint density at radius 3 is 2.40 bits per heavy atom. The first-order chi connectivity index (χ1) is 23.0. The van der Waals surface area contributed by atoms with Gasteiger partial charge in [-0.05, 0) is 66.5 Å². The molecule has 1 atom stereocenters. The first-order valence-electron chi connectivity index (χ1n) is 15.9. The van der Waals surface area contributed by atoms with Crippen LogP contribution in [0.2, 0.25) is 0 Å². The number of benzene rings is 1. The van der Waals surface area contributed by atoms with Crippen LogP contribution >= 0.6 is 11.3 Å². The lowest BCUT2D eigenvalue weighted by molar-refractivity contribution is -0.119. The number of thiazole rings is 1. The lowest BCUT2D eigenvalue weighted by Gasteiger charge is -2.19. The van der Waals surface area contributed by atoms with Crippen LogP contribution in [0, 0.1) is 0 Å². The quantitative estimate of drug-likeness (QED) is 0.140. The second-order valence-corrected chi connectivity index (χ2v) is 12.8. The molecule has 1 aromatic heterocycles. The lowest BCUT2D eigenvalue weighted by atomic mass is 9.95. The fourth-order valence-electron chi connectivity index (χ4n) is 5.87. The van der Waals surface area contributed by atoms with E-state index in [2.05, 4.69) is 20.9 Å². The van der Waals surface area contributed by atoms with Crippen LogP contribution in [0.1, 0.15) is 91.3 Å². The van der Waals surface area contributed by atoms with Crippen molar-refractivity contribution in [1.29, 1.82) is 0 Å². The average molecular weight is 681 g/mol. The van der Waals surface area contributed by atoms with Gasteiger partial charge >= 0.3 is 5.97 Å². The molecule has 3 aromatic rings. The van der Waals surface area contributed by atoms with Crippen LogP contribution in [0.4, 0.5) is 10.8 Å². The summed E-state index contributed by atoms with van der Waals surface area (Å²) in [5.74, 6) is 0.646. The van der Waals surface area contributed by atoms with Crippen molar-refractivity contribution in [3.05, 3.63) is 56.2 Å². The lowest BCUT2D eigenvalue weighted by Crippen LogP contribution is -2.26. The largest absolute Gasteiger partial charge is 0.493 e. The summed E-state index contributed by atoms with van der Waals surface area (Å²) in [7, 11) is 5.98. The number of carbonyl (C=O) groups excluding carboxylic acids is 3. The molecular formula is C35H44N4O8S. The summed E-state index contributed by atoms with van der Waals surface area (Å²) in [6, 6.07) is 6.75. The second-order valence-electron chi connectivity index (χ2n) is 11.8. The Bertz CT molecular complexity index is 1720. The monoisotopic (exact) mass is 680 g/mol. The molecule has 1 heterocycles. The number of methoxy groups -OCH3 is 4. The molecule has 0 saturated heterocycles. The fourth-order valence-corrected chi connectivity index (χ4v) is 6.84. The van der Waals surface area contributed by atoms with Gasteiger partial charge in [-0.1, -0.05) is 26.3 Å². The molecule has 3 N–H and O–H groups in total. The second kappa shape index (κ2) is 16.4. The number of amides is 2. The number of nitrogens with zero attached hydrogens (tertiary/aromatic N) is 1.